The molecule has 1 spiro atoms. The summed E-state index contributed by atoms with van der Waals surface area (Å²) < 4.78 is -0.670. The van der Waals surface area contributed by atoms with Crippen LogP contribution in [0.1, 0.15) is 25.7 Å². The molecule has 0 N–H and O–H groups in total. The maximum atomic E-state index is 13.2. The van der Waals surface area contributed by atoms with Gasteiger partial charge in [0, 0.05) is 12.3 Å². The maximum absolute atomic E-state index is 13.2. The lowest BCUT2D eigenvalue weighted by atomic mass is 9.49. The van der Waals surface area contributed by atoms with Gasteiger partial charge in [0.2, 0.25) is 0 Å². The molecule has 0 unspecified atom stereocenters. The van der Waals surface area contributed by atoms with E-state index >= 15 is 0 Å². The van der Waals surface area contributed by atoms with Crippen LogP contribution in [0.2, 0.25) is 19.6 Å². The van der Waals surface area contributed by atoms with E-state index in [1.807, 2.05) is 0 Å². The summed E-state index contributed by atoms with van der Waals surface area (Å²) in [6.45, 7) is 6.94. The van der Waals surface area contributed by atoms with Gasteiger partial charge in [-0.05, 0) is 25.2 Å². The lowest BCUT2D eigenvalue weighted by molar-refractivity contribution is -0.148. The molecule has 0 aromatic heterocycles. The zero-order valence-electron chi connectivity index (χ0n) is 12.8. The third-order valence-electron chi connectivity index (χ3n) is 6.10. The smallest absolute Gasteiger partial charge is 0.158 e. The SMILES string of the molecule is C[Si](C)(C)C1=C2CC[C@H]3C=CC[C@H]4C(=O)[C@]1(Br)CC(=O)[C@]234. The van der Waals surface area contributed by atoms with Crippen LogP contribution in [0, 0.1) is 17.3 Å². The van der Waals surface area contributed by atoms with E-state index in [9.17, 15) is 9.59 Å². The van der Waals surface area contributed by atoms with Crippen molar-refractivity contribution in [2.45, 2.75) is 49.6 Å². The van der Waals surface area contributed by atoms with E-state index in [1.165, 1.54) is 10.8 Å². The minimum absolute atomic E-state index is 0.106. The topological polar surface area (TPSA) is 34.1 Å². The van der Waals surface area contributed by atoms with E-state index in [0.29, 0.717) is 18.0 Å². The number of carbonyl (C=O) groups is 2. The third-order valence-corrected chi connectivity index (χ3v) is 9.76. The Morgan fingerprint density at radius 2 is 2.00 bits per heavy atom. The predicted molar refractivity (Wildman–Crippen MR) is 89.1 cm³/mol. The molecule has 0 aliphatic heterocycles. The van der Waals surface area contributed by atoms with Crippen LogP contribution < -0.4 is 0 Å². The van der Waals surface area contributed by atoms with Crippen molar-refractivity contribution >= 4 is 35.6 Å². The van der Waals surface area contributed by atoms with Crippen molar-refractivity contribution in [3.05, 3.63) is 22.9 Å². The minimum atomic E-state index is -1.66. The molecule has 2 nitrogen and oxygen atoms in total. The second-order valence-corrected chi connectivity index (χ2v) is 14.5. The van der Waals surface area contributed by atoms with Gasteiger partial charge in [-0.2, -0.15) is 0 Å². The van der Waals surface area contributed by atoms with Crippen LogP contribution in [0.4, 0.5) is 0 Å². The number of hydrogen-bond acceptors (Lipinski definition) is 2. The Kier molecular flexibility index (Phi) is 2.61. The summed E-state index contributed by atoms with van der Waals surface area (Å²) in [4.78, 5) is 26.3. The first-order valence-corrected chi connectivity index (χ1v) is 12.2. The Morgan fingerprint density at radius 1 is 1.29 bits per heavy atom. The van der Waals surface area contributed by atoms with Gasteiger partial charge < -0.3 is 0 Å². The quantitative estimate of drug-likeness (QED) is 0.402. The highest BCUT2D eigenvalue weighted by molar-refractivity contribution is 9.10. The molecule has 0 aromatic carbocycles. The molecule has 2 fully saturated rings. The Hall–Kier alpha value is -0.483. The highest BCUT2D eigenvalue weighted by atomic mass is 79.9. The van der Waals surface area contributed by atoms with Crippen LogP contribution >= 0.6 is 15.9 Å². The van der Waals surface area contributed by atoms with Crippen LogP contribution in [0.3, 0.4) is 0 Å². The molecular formula is C17H21BrO2Si. The van der Waals surface area contributed by atoms with E-state index < -0.39 is 17.8 Å². The number of rotatable bonds is 1. The molecule has 5 aliphatic carbocycles. The summed E-state index contributed by atoms with van der Waals surface area (Å²) in [5.41, 5.74) is 0.922. The van der Waals surface area contributed by atoms with Crippen molar-refractivity contribution in [2.75, 3.05) is 0 Å². The molecule has 0 amide bonds. The number of Topliss-reactive ketones (excluding diaryl/α,β-unsaturated/α-hetero) is 2. The van der Waals surface area contributed by atoms with Gasteiger partial charge >= 0.3 is 0 Å². The van der Waals surface area contributed by atoms with Crippen molar-refractivity contribution in [3.8, 4) is 0 Å². The summed E-state index contributed by atoms with van der Waals surface area (Å²) in [6, 6.07) is 0. The molecule has 0 saturated heterocycles. The Morgan fingerprint density at radius 3 is 2.67 bits per heavy atom. The zero-order valence-corrected chi connectivity index (χ0v) is 15.4. The fourth-order valence-electron chi connectivity index (χ4n) is 5.68. The van der Waals surface area contributed by atoms with Gasteiger partial charge in [0.15, 0.2) is 5.78 Å². The van der Waals surface area contributed by atoms with Crippen LogP contribution in [0.5, 0.6) is 0 Å². The summed E-state index contributed by atoms with van der Waals surface area (Å²) in [5.74, 6) is 0.782. The lowest BCUT2D eigenvalue weighted by Crippen LogP contribution is -2.66. The van der Waals surface area contributed by atoms with E-state index in [1.54, 1.807) is 0 Å². The molecule has 0 aromatic rings. The van der Waals surface area contributed by atoms with Gasteiger partial charge in [-0.15, -0.1) is 0 Å². The van der Waals surface area contributed by atoms with Gasteiger partial charge in [0.1, 0.15) is 10.1 Å². The minimum Gasteiger partial charge on any atom is -0.299 e. The summed E-state index contributed by atoms with van der Waals surface area (Å²) in [5, 5.41) is 1.36. The van der Waals surface area contributed by atoms with E-state index in [-0.39, 0.29) is 11.8 Å². The summed E-state index contributed by atoms with van der Waals surface area (Å²) in [6.07, 6.45) is 7.55. The average molecular weight is 365 g/mol. The number of alkyl halides is 1. The van der Waals surface area contributed by atoms with E-state index in [0.717, 1.165) is 19.3 Å². The molecular weight excluding hydrogens is 344 g/mol. The van der Waals surface area contributed by atoms with Crippen molar-refractivity contribution in [1.29, 1.82) is 0 Å². The van der Waals surface area contributed by atoms with Crippen molar-refractivity contribution in [3.63, 3.8) is 0 Å². The molecule has 4 atom stereocenters. The Balaban J connectivity index is 2.11. The normalized spacial score (nSPS) is 44.6. The number of ketones is 2. The second kappa shape index (κ2) is 3.88. The predicted octanol–water partition coefficient (Wildman–Crippen LogP) is 3.82. The molecule has 5 aliphatic rings. The number of hydrogen-bond donors (Lipinski definition) is 0. The first-order chi connectivity index (χ1) is 9.74. The number of carbonyl (C=O) groups excluding carboxylic acids is 2. The molecule has 0 heterocycles. The molecule has 5 rings (SSSR count). The first-order valence-electron chi connectivity index (χ1n) is 7.92. The number of fused-ring (bicyclic) bond motifs is 1. The lowest BCUT2D eigenvalue weighted by Gasteiger charge is -2.58. The van der Waals surface area contributed by atoms with Gasteiger partial charge in [0.25, 0.3) is 0 Å². The van der Waals surface area contributed by atoms with E-state index in [2.05, 4.69) is 47.7 Å². The standard InChI is InChI=1S/C17H21BrO2Si/c1-21(2,3)15-12-8-7-10-5-4-6-11-14(20)16(15,18)9-13(19)17(10,11)12/h4-5,10-11H,6-9H2,1-3H3/t10-,11+,16-,17-/m1/s1. The Labute approximate surface area is 135 Å². The molecule has 4 heteroatoms. The second-order valence-electron chi connectivity index (χ2n) is 8.10. The summed E-state index contributed by atoms with van der Waals surface area (Å²) >= 11 is 3.78. The largest absolute Gasteiger partial charge is 0.299 e. The molecule has 0 radical (unpaired) electrons. The van der Waals surface area contributed by atoms with Gasteiger partial charge in [0.05, 0.1) is 13.5 Å². The highest BCUT2D eigenvalue weighted by Gasteiger charge is 2.71. The summed E-state index contributed by atoms with van der Waals surface area (Å²) in [7, 11) is -1.66. The fourth-order valence-corrected chi connectivity index (χ4v) is 10.9. The van der Waals surface area contributed by atoms with Gasteiger partial charge in [-0.1, -0.05) is 58.5 Å². The molecule has 21 heavy (non-hydrogen) atoms. The average Bonchev–Trinajstić information content (AvgIpc) is 2.75. The van der Waals surface area contributed by atoms with Crippen molar-refractivity contribution < 1.29 is 9.59 Å². The zero-order chi connectivity index (χ0) is 15.2. The van der Waals surface area contributed by atoms with Crippen LogP contribution in [-0.2, 0) is 9.59 Å². The first kappa shape index (κ1) is 14.1. The highest BCUT2D eigenvalue weighted by Crippen LogP contribution is 2.69. The van der Waals surface area contributed by atoms with Gasteiger partial charge in [-0.25, -0.2) is 0 Å². The van der Waals surface area contributed by atoms with Crippen LogP contribution in [0.15, 0.2) is 22.9 Å². The van der Waals surface area contributed by atoms with Crippen molar-refractivity contribution in [1.82, 2.24) is 0 Å². The fraction of sp³-hybridized carbons (Fsp3) is 0.647. The van der Waals surface area contributed by atoms with Crippen molar-refractivity contribution in [2.24, 2.45) is 17.3 Å². The monoisotopic (exact) mass is 364 g/mol. The molecule has 112 valence electrons. The van der Waals surface area contributed by atoms with Crippen LogP contribution in [-0.4, -0.2) is 24.0 Å². The van der Waals surface area contributed by atoms with Crippen LogP contribution in [0.25, 0.3) is 0 Å². The van der Waals surface area contributed by atoms with Gasteiger partial charge in [-0.3, -0.25) is 9.59 Å². The molecule has 2 saturated carbocycles. The maximum Gasteiger partial charge on any atom is 0.158 e. The van der Waals surface area contributed by atoms with E-state index in [4.69, 9.17) is 0 Å². The molecule has 2 bridgehead atoms. The third kappa shape index (κ3) is 1.40. The number of allylic oxidation sites excluding steroid dienone is 4. The number of halogens is 1. The Bertz CT molecular complexity index is 642.